The van der Waals surface area contributed by atoms with Gasteiger partial charge >= 0.3 is 249 Å². The second kappa shape index (κ2) is 12.8. The molecule has 5 rings (SSSR count). The Morgan fingerprint density at radius 2 is 1.55 bits per heavy atom. The van der Waals surface area contributed by atoms with E-state index >= 15 is 0 Å². The minimum atomic E-state index is -0.971. The zero-order chi connectivity index (χ0) is 28.1. The van der Waals surface area contributed by atoms with E-state index in [1.165, 1.54) is 41.3 Å². The van der Waals surface area contributed by atoms with E-state index in [9.17, 15) is 4.79 Å². The first-order valence-corrected chi connectivity index (χ1v) is 16.7. The van der Waals surface area contributed by atoms with Gasteiger partial charge in [-0.05, 0) is 0 Å². The number of carboxylic acid groups (broad SMARTS) is 1. The van der Waals surface area contributed by atoms with Crippen LogP contribution >= 0.6 is 0 Å². The average molecular weight is 660 g/mol. The van der Waals surface area contributed by atoms with E-state index in [1.807, 2.05) is 19.1 Å². The fraction of sp³-hybridized carbons (Fsp3) is 0.176. The summed E-state index contributed by atoms with van der Waals surface area (Å²) in [5.41, 5.74) is 8.37. The van der Waals surface area contributed by atoms with Crippen LogP contribution in [0.3, 0.4) is 0 Å². The maximum atomic E-state index is 11.0. The summed E-state index contributed by atoms with van der Waals surface area (Å²) in [6.45, 7) is 5.92. The molecule has 1 atom stereocenters. The molecular formula is C34H31NO3Se2. The molecule has 1 heterocycles. The molecular weight excluding hydrogens is 628 g/mol. The fourth-order valence-corrected chi connectivity index (χ4v) is 10.5. The predicted molar refractivity (Wildman–Crippen MR) is 164 cm³/mol. The Balaban J connectivity index is 1.44. The van der Waals surface area contributed by atoms with Gasteiger partial charge in [0.15, 0.2) is 0 Å². The number of carboxylic acids is 1. The van der Waals surface area contributed by atoms with Crippen LogP contribution in [0.5, 0.6) is 5.75 Å². The molecule has 4 nitrogen and oxygen atoms in total. The first-order chi connectivity index (χ1) is 19.4. The Hall–Kier alpha value is -3.40. The molecule has 202 valence electrons. The molecule has 0 amide bonds. The van der Waals surface area contributed by atoms with Crippen LogP contribution in [0.25, 0.3) is 21.3 Å². The van der Waals surface area contributed by atoms with Crippen molar-refractivity contribution in [3.63, 3.8) is 0 Å². The van der Waals surface area contributed by atoms with E-state index in [1.54, 1.807) is 0 Å². The molecule has 40 heavy (non-hydrogen) atoms. The van der Waals surface area contributed by atoms with Crippen molar-refractivity contribution in [1.29, 1.82) is 0 Å². The van der Waals surface area contributed by atoms with Gasteiger partial charge in [0.25, 0.3) is 0 Å². The van der Waals surface area contributed by atoms with Gasteiger partial charge in [-0.15, -0.1) is 0 Å². The molecule has 0 saturated carbocycles. The third-order valence-corrected chi connectivity index (χ3v) is 12.8. The van der Waals surface area contributed by atoms with Gasteiger partial charge in [-0.25, -0.2) is 0 Å². The van der Waals surface area contributed by atoms with E-state index < -0.39 is 5.97 Å². The number of rotatable bonds is 10. The van der Waals surface area contributed by atoms with Gasteiger partial charge in [-0.1, -0.05) is 0 Å². The second-order valence-corrected chi connectivity index (χ2v) is 14.7. The zero-order valence-electron chi connectivity index (χ0n) is 22.8. The van der Waals surface area contributed by atoms with Crippen LogP contribution < -0.4 is 9.20 Å². The molecule has 1 aromatic heterocycles. The minimum absolute atomic E-state index is 0.158. The Bertz CT molecular complexity index is 1590. The molecule has 1 unspecified atom stereocenters. The summed E-state index contributed by atoms with van der Waals surface area (Å²) in [4.78, 5) is 16.4. The topological polar surface area (TPSA) is 59.4 Å². The van der Waals surface area contributed by atoms with E-state index in [-0.39, 0.29) is 36.1 Å². The number of hydrogen-bond donors (Lipinski definition) is 1. The molecule has 6 heteroatoms. The molecule has 5 aromatic rings. The molecule has 0 spiro atoms. The standard InChI is InChI=1S/C34H31NO3Se2/c1-22-9-13-28(14-10-22)34-35-24(3)33(40-34)31(39-29-17-18-30(23(2)19-29)38-21-32(36)37)20-25-11-15-27(16-12-25)26-7-5-4-6-8-26/h4-19,31H,20-21H2,1-3H3,(H,36,37). The van der Waals surface area contributed by atoms with Crippen molar-refractivity contribution in [1.82, 2.24) is 4.98 Å². The summed E-state index contributed by atoms with van der Waals surface area (Å²) < 4.78 is 9.42. The van der Waals surface area contributed by atoms with Gasteiger partial charge in [0.1, 0.15) is 0 Å². The summed E-state index contributed by atoms with van der Waals surface area (Å²) in [6, 6.07) is 34.3. The summed E-state index contributed by atoms with van der Waals surface area (Å²) in [5, 5.41) is 8.99. The molecule has 0 bridgehead atoms. The number of nitrogens with zero attached hydrogens (tertiary/aromatic N) is 1. The molecule has 0 saturated heterocycles. The van der Waals surface area contributed by atoms with Gasteiger partial charge in [0.05, 0.1) is 0 Å². The molecule has 4 aromatic carbocycles. The average Bonchev–Trinajstić information content (AvgIpc) is 3.35. The molecule has 0 radical (unpaired) electrons. The van der Waals surface area contributed by atoms with Crippen molar-refractivity contribution in [2.75, 3.05) is 6.61 Å². The summed E-state index contributed by atoms with van der Waals surface area (Å²) in [6.07, 6.45) is 0.955. The molecule has 0 fully saturated rings. The van der Waals surface area contributed by atoms with Crippen molar-refractivity contribution < 1.29 is 14.6 Å². The molecule has 0 aliphatic heterocycles. The van der Waals surface area contributed by atoms with Crippen molar-refractivity contribution in [3.05, 3.63) is 124 Å². The number of aliphatic carboxylic acids is 1. The number of aryl methyl sites for hydroxylation is 3. The number of ether oxygens (including phenoxy) is 1. The van der Waals surface area contributed by atoms with E-state index in [0.717, 1.165) is 17.7 Å². The maximum absolute atomic E-state index is 11.0. The Kier molecular flexibility index (Phi) is 9.04. The van der Waals surface area contributed by atoms with Crippen molar-refractivity contribution in [2.45, 2.75) is 32.0 Å². The zero-order valence-corrected chi connectivity index (χ0v) is 26.2. The van der Waals surface area contributed by atoms with Crippen LogP contribution in [0.4, 0.5) is 0 Å². The van der Waals surface area contributed by atoms with E-state index in [4.69, 9.17) is 14.8 Å². The van der Waals surface area contributed by atoms with Gasteiger partial charge in [0, 0.05) is 0 Å². The summed E-state index contributed by atoms with van der Waals surface area (Å²) in [7, 11) is 0. The number of hydrogen-bond acceptors (Lipinski definition) is 3. The van der Waals surface area contributed by atoms with Crippen LogP contribution in [-0.4, -0.2) is 52.1 Å². The SMILES string of the molecule is Cc1ccc(-c2nc(C)c(C(Cc3ccc(-c4ccccc4)cc3)[Se]c3ccc(OCC(=O)O)c(C)c3)[se]2)cc1. The Labute approximate surface area is 248 Å². The van der Waals surface area contributed by atoms with Crippen LogP contribution in [0.1, 0.15) is 31.6 Å². The number of aromatic nitrogens is 1. The Morgan fingerprint density at radius 1 is 0.875 bits per heavy atom. The first-order valence-electron chi connectivity index (χ1n) is 13.2. The summed E-state index contributed by atoms with van der Waals surface area (Å²) in [5.74, 6) is -0.346. The van der Waals surface area contributed by atoms with Crippen LogP contribution in [0.15, 0.2) is 97.1 Å². The van der Waals surface area contributed by atoms with E-state index in [0.29, 0.717) is 10.6 Å². The molecule has 0 aliphatic rings. The third kappa shape index (κ3) is 7.02. The molecule has 1 N–H and O–H groups in total. The van der Waals surface area contributed by atoms with Gasteiger partial charge in [-0.2, -0.15) is 0 Å². The van der Waals surface area contributed by atoms with Gasteiger partial charge in [0.2, 0.25) is 0 Å². The van der Waals surface area contributed by atoms with Crippen LogP contribution in [0.2, 0.25) is 0 Å². The van der Waals surface area contributed by atoms with Crippen LogP contribution in [-0.2, 0) is 11.2 Å². The van der Waals surface area contributed by atoms with Crippen molar-refractivity contribution in [3.8, 4) is 27.0 Å². The monoisotopic (exact) mass is 661 g/mol. The second-order valence-electron chi connectivity index (χ2n) is 9.82. The van der Waals surface area contributed by atoms with Crippen LogP contribution in [0, 0.1) is 20.8 Å². The number of benzene rings is 4. The third-order valence-electron chi connectivity index (χ3n) is 6.68. The number of carbonyl (C=O) groups is 1. The normalized spacial score (nSPS) is 11.8. The van der Waals surface area contributed by atoms with Gasteiger partial charge < -0.3 is 0 Å². The quantitative estimate of drug-likeness (QED) is 0.182. The van der Waals surface area contributed by atoms with Crippen molar-refractivity contribution >= 4 is 39.9 Å². The molecule has 0 aliphatic carbocycles. The predicted octanol–water partition coefficient (Wildman–Crippen LogP) is 6.17. The first kappa shape index (κ1) is 28.1. The summed E-state index contributed by atoms with van der Waals surface area (Å²) >= 11 is 0.320. The van der Waals surface area contributed by atoms with Gasteiger partial charge in [-0.3, -0.25) is 0 Å². The fourth-order valence-electron chi connectivity index (χ4n) is 4.55. The van der Waals surface area contributed by atoms with E-state index in [2.05, 4.69) is 98.8 Å². The van der Waals surface area contributed by atoms with Crippen molar-refractivity contribution in [2.24, 2.45) is 0 Å². The Morgan fingerprint density at radius 3 is 2.23 bits per heavy atom.